The summed E-state index contributed by atoms with van der Waals surface area (Å²) in [4.78, 5) is 72.8. The molecular formula is C81H140O17P2. The highest BCUT2D eigenvalue weighted by atomic mass is 31.2. The number of hydrogen-bond donors (Lipinski definition) is 3. The molecule has 0 amide bonds. The molecule has 576 valence electrons. The predicted octanol–water partition coefficient (Wildman–Crippen LogP) is 22.6. The van der Waals surface area contributed by atoms with Crippen molar-refractivity contribution in [3.63, 3.8) is 0 Å². The van der Waals surface area contributed by atoms with Gasteiger partial charge in [0.15, 0.2) is 12.2 Å². The molecule has 0 radical (unpaired) electrons. The number of aliphatic hydroxyl groups is 1. The minimum Gasteiger partial charge on any atom is -0.462 e. The molecular weight excluding hydrogens is 1310 g/mol. The van der Waals surface area contributed by atoms with Gasteiger partial charge in [-0.1, -0.05) is 304 Å². The number of allylic oxidation sites excluding steroid dienone is 18. The lowest BCUT2D eigenvalue weighted by Crippen LogP contribution is -2.30. The van der Waals surface area contributed by atoms with Crippen molar-refractivity contribution in [3.8, 4) is 0 Å². The second-order valence-corrected chi connectivity index (χ2v) is 28.8. The summed E-state index contributed by atoms with van der Waals surface area (Å²) in [5.41, 5.74) is 0. The number of hydrogen-bond acceptors (Lipinski definition) is 15. The Morgan fingerprint density at radius 3 is 0.880 bits per heavy atom. The van der Waals surface area contributed by atoms with E-state index in [4.69, 9.17) is 37.0 Å². The van der Waals surface area contributed by atoms with E-state index in [1.54, 1.807) is 0 Å². The molecule has 17 nitrogen and oxygen atoms in total. The van der Waals surface area contributed by atoms with Crippen LogP contribution in [0.5, 0.6) is 0 Å². The molecule has 19 heteroatoms. The first-order valence-electron chi connectivity index (χ1n) is 39.1. The number of carbonyl (C=O) groups is 4. The molecule has 0 fully saturated rings. The quantitative estimate of drug-likeness (QED) is 0.0169. The Labute approximate surface area is 607 Å². The molecule has 0 aromatic rings. The molecule has 0 aliphatic carbocycles. The van der Waals surface area contributed by atoms with Gasteiger partial charge >= 0.3 is 39.5 Å². The predicted molar refractivity (Wildman–Crippen MR) is 408 cm³/mol. The number of esters is 4. The van der Waals surface area contributed by atoms with Crippen molar-refractivity contribution in [1.82, 2.24) is 0 Å². The number of phosphoric ester groups is 2. The smallest absolute Gasteiger partial charge is 0.462 e. The Kier molecular flexibility index (Phi) is 69.9. The van der Waals surface area contributed by atoms with E-state index >= 15 is 0 Å². The van der Waals surface area contributed by atoms with Crippen LogP contribution in [0.4, 0.5) is 0 Å². The molecule has 3 N–H and O–H groups in total. The van der Waals surface area contributed by atoms with Crippen molar-refractivity contribution in [1.29, 1.82) is 0 Å². The third-order valence-electron chi connectivity index (χ3n) is 16.3. The van der Waals surface area contributed by atoms with Crippen LogP contribution in [0.25, 0.3) is 0 Å². The van der Waals surface area contributed by atoms with Crippen LogP contribution in [0.2, 0.25) is 0 Å². The Morgan fingerprint density at radius 1 is 0.290 bits per heavy atom. The molecule has 5 atom stereocenters. The zero-order valence-corrected chi connectivity index (χ0v) is 64.6. The van der Waals surface area contributed by atoms with E-state index in [1.165, 1.54) is 103 Å². The first kappa shape index (κ1) is 95.7. The zero-order chi connectivity index (χ0) is 73.2. The summed E-state index contributed by atoms with van der Waals surface area (Å²) >= 11 is 0. The Hall–Kier alpha value is -4.28. The highest BCUT2D eigenvalue weighted by Crippen LogP contribution is 2.45. The van der Waals surface area contributed by atoms with Gasteiger partial charge in [-0.3, -0.25) is 37.3 Å². The maximum atomic E-state index is 13.1. The molecule has 0 spiro atoms. The van der Waals surface area contributed by atoms with E-state index in [2.05, 4.69) is 119 Å². The van der Waals surface area contributed by atoms with Gasteiger partial charge in [-0.15, -0.1) is 0 Å². The Balaban J connectivity index is 5.40. The van der Waals surface area contributed by atoms with Crippen LogP contribution in [0.3, 0.4) is 0 Å². The molecule has 5 unspecified atom stereocenters. The zero-order valence-electron chi connectivity index (χ0n) is 62.8. The lowest BCUT2D eigenvalue weighted by Gasteiger charge is -2.21. The SMILES string of the molecule is CC/C=C\C/C=C\C/C=C\C/C=C\C/C=C\C/C=C\CCC(=O)OCC(COP(=O)(O)OCC(O)COP(=O)(O)OCC(COC(=O)CCCCCCCCCCCCC)OC(=O)CCCCCCCCCCCCC)OC(=O)CCCCCCCC/C=C\C/C=C\C/C=C\CCCCC. The maximum Gasteiger partial charge on any atom is 0.472 e. The second kappa shape index (κ2) is 73.0. The summed E-state index contributed by atoms with van der Waals surface area (Å²) in [5, 5.41) is 10.6. The number of carbonyl (C=O) groups excluding carboxylic acids is 4. The first-order valence-corrected chi connectivity index (χ1v) is 42.1. The van der Waals surface area contributed by atoms with Crippen LogP contribution >= 0.6 is 15.6 Å². The first-order chi connectivity index (χ1) is 48.7. The number of phosphoric acid groups is 2. The van der Waals surface area contributed by atoms with Gasteiger partial charge < -0.3 is 33.8 Å². The fourth-order valence-electron chi connectivity index (χ4n) is 10.3. The van der Waals surface area contributed by atoms with Gasteiger partial charge in [-0.25, -0.2) is 9.13 Å². The lowest BCUT2D eigenvalue weighted by molar-refractivity contribution is -0.161. The molecule has 0 aliphatic rings. The topological polar surface area (TPSA) is 237 Å². The maximum absolute atomic E-state index is 13.1. The van der Waals surface area contributed by atoms with E-state index in [9.17, 15) is 43.2 Å². The van der Waals surface area contributed by atoms with Crippen LogP contribution in [0, 0.1) is 0 Å². The summed E-state index contributed by atoms with van der Waals surface area (Å²) in [6.07, 6.45) is 78.1. The number of ether oxygens (including phenoxy) is 4. The Bertz CT molecular complexity index is 2320. The van der Waals surface area contributed by atoms with Crippen LogP contribution in [-0.2, 0) is 65.4 Å². The van der Waals surface area contributed by atoms with Crippen LogP contribution in [0.15, 0.2) is 109 Å². The highest BCUT2D eigenvalue weighted by Gasteiger charge is 2.30. The third kappa shape index (κ3) is 72.1. The van der Waals surface area contributed by atoms with Crippen molar-refractivity contribution >= 4 is 39.5 Å². The normalized spacial score (nSPS) is 14.5. The molecule has 0 heterocycles. The van der Waals surface area contributed by atoms with Gasteiger partial charge in [0.25, 0.3) is 0 Å². The van der Waals surface area contributed by atoms with Gasteiger partial charge in [-0.2, -0.15) is 0 Å². The molecule has 0 aliphatic heterocycles. The van der Waals surface area contributed by atoms with Crippen molar-refractivity contribution in [2.45, 2.75) is 341 Å². The fourth-order valence-corrected chi connectivity index (χ4v) is 11.9. The molecule has 0 bridgehead atoms. The summed E-state index contributed by atoms with van der Waals surface area (Å²) in [7, 11) is -9.97. The second-order valence-electron chi connectivity index (χ2n) is 25.9. The van der Waals surface area contributed by atoms with Gasteiger partial charge in [0.05, 0.1) is 26.4 Å². The van der Waals surface area contributed by atoms with Crippen molar-refractivity contribution in [2.75, 3.05) is 39.6 Å². The molecule has 0 rings (SSSR count). The number of aliphatic hydroxyl groups excluding tert-OH is 1. The highest BCUT2D eigenvalue weighted by molar-refractivity contribution is 7.47. The summed E-state index contributed by atoms with van der Waals surface area (Å²) in [6.45, 7) is 4.64. The largest absolute Gasteiger partial charge is 0.472 e. The van der Waals surface area contributed by atoms with Gasteiger partial charge in [0.1, 0.15) is 19.3 Å². The summed E-state index contributed by atoms with van der Waals surface area (Å²) in [6, 6.07) is 0. The summed E-state index contributed by atoms with van der Waals surface area (Å²) in [5.74, 6) is -2.27. The number of rotatable bonds is 73. The summed E-state index contributed by atoms with van der Waals surface area (Å²) < 4.78 is 68.4. The fraction of sp³-hybridized carbons (Fsp3) is 0.728. The van der Waals surface area contributed by atoms with Gasteiger partial charge in [0.2, 0.25) is 0 Å². The van der Waals surface area contributed by atoms with E-state index < -0.39 is 97.5 Å². The molecule has 0 aromatic heterocycles. The monoisotopic (exact) mass is 1450 g/mol. The molecule has 0 saturated carbocycles. The van der Waals surface area contributed by atoms with Gasteiger partial charge in [0, 0.05) is 25.7 Å². The molecule has 0 saturated heterocycles. The van der Waals surface area contributed by atoms with Crippen molar-refractivity contribution < 1.29 is 80.2 Å². The van der Waals surface area contributed by atoms with Crippen LogP contribution in [0.1, 0.15) is 323 Å². The average Bonchev–Trinajstić information content (AvgIpc) is 1.06. The van der Waals surface area contributed by atoms with E-state index in [1.807, 2.05) is 18.2 Å². The van der Waals surface area contributed by atoms with Crippen molar-refractivity contribution in [2.24, 2.45) is 0 Å². The van der Waals surface area contributed by atoms with E-state index in [0.29, 0.717) is 32.1 Å². The lowest BCUT2D eigenvalue weighted by atomic mass is 10.1. The molecule has 100 heavy (non-hydrogen) atoms. The van der Waals surface area contributed by atoms with E-state index in [0.717, 1.165) is 135 Å². The third-order valence-corrected chi connectivity index (χ3v) is 18.2. The standard InChI is InChI=1S/C81H140O17P2/c1-5-9-13-17-21-25-29-31-33-35-37-39-41-43-47-50-54-58-62-66-79(84)92-72-77(98-81(86)68-64-60-56-52-48-44-42-40-38-36-34-32-30-26-22-18-14-10-6-2)74-96-100(89,90)94-70-75(82)69-93-99(87,88)95-73-76(97-80(85)67-63-59-55-51-46-28-24-20-16-12-8-4)71-91-78(83)65-61-57-53-49-45-27-23-19-15-11-7-3/h9,13,21-22,25-26,31-34,37-40,43,47,54,58,75-77,82H,5-8,10-12,14-20,23-24,27-30,35-36,41-42,44-46,48-53,55-57,59-74H2,1-4H3,(H,87,88)(H,89,90)/b13-9-,25-21-,26-22-,33-31-,34-32-,39-37-,40-38-,47-43-,58-54-. The minimum atomic E-state index is -4.99. The molecule has 0 aromatic carbocycles. The van der Waals surface area contributed by atoms with E-state index in [-0.39, 0.29) is 25.7 Å². The van der Waals surface area contributed by atoms with Crippen LogP contribution < -0.4 is 0 Å². The van der Waals surface area contributed by atoms with Gasteiger partial charge in [-0.05, 0) is 103 Å². The Morgan fingerprint density at radius 2 is 0.540 bits per heavy atom. The van der Waals surface area contributed by atoms with Crippen molar-refractivity contribution in [3.05, 3.63) is 109 Å². The number of unbranched alkanes of at least 4 members (excludes halogenated alkanes) is 29. The van der Waals surface area contributed by atoms with Crippen LogP contribution in [-0.4, -0.2) is 96.7 Å². The average molecular weight is 1450 g/mol. The minimum absolute atomic E-state index is 0.0323.